The van der Waals surface area contributed by atoms with Crippen LogP contribution in [0.15, 0.2) is 188 Å². The minimum absolute atomic E-state index is 1.14. The molecule has 4 heteroatoms. The van der Waals surface area contributed by atoms with Crippen LogP contribution in [0.1, 0.15) is 0 Å². The molecule has 9 aromatic carbocycles. The van der Waals surface area contributed by atoms with Crippen molar-refractivity contribution in [1.29, 1.82) is 0 Å². The van der Waals surface area contributed by atoms with Gasteiger partial charge in [0.2, 0.25) is 0 Å². The lowest BCUT2D eigenvalue weighted by molar-refractivity contribution is 1.31. The number of nitrogens with zero attached hydrogens (tertiary/aromatic N) is 1. The number of hydrogen-bond acceptors (Lipinski definition) is 2. The van der Waals surface area contributed by atoms with Gasteiger partial charge in [0.1, 0.15) is 0 Å². The van der Waals surface area contributed by atoms with E-state index in [0.29, 0.717) is 0 Å². The molecule has 12 rings (SSSR count). The normalized spacial score (nSPS) is 12.4. The summed E-state index contributed by atoms with van der Waals surface area (Å²) in [6.07, 6.45) is 0. The van der Waals surface area contributed by atoms with Crippen molar-refractivity contribution in [1.82, 2.24) is 4.98 Å². The van der Waals surface area contributed by atoms with E-state index in [-0.39, 0.29) is 0 Å². The summed E-state index contributed by atoms with van der Waals surface area (Å²) in [5, 5.41) is 7.55. The van der Waals surface area contributed by atoms with Crippen molar-refractivity contribution in [2.45, 2.75) is 0 Å². The van der Waals surface area contributed by atoms with Gasteiger partial charge in [-0.1, -0.05) is 151 Å². The lowest BCUT2D eigenvalue weighted by atomic mass is 9.57. The van der Waals surface area contributed by atoms with Crippen molar-refractivity contribution in [3.8, 4) is 33.4 Å². The van der Waals surface area contributed by atoms with Crippen LogP contribution in [0.3, 0.4) is 0 Å². The minimum atomic E-state index is 1.14. The molecule has 0 saturated heterocycles. The minimum Gasteiger partial charge on any atom is -0.354 e. The van der Waals surface area contributed by atoms with Gasteiger partial charge in [-0.15, -0.1) is 11.3 Å². The van der Waals surface area contributed by atoms with E-state index in [2.05, 4.69) is 205 Å². The van der Waals surface area contributed by atoms with Crippen LogP contribution in [0.25, 0.3) is 86.1 Å². The van der Waals surface area contributed by atoms with E-state index < -0.39 is 0 Å². The number of aromatic amines is 1. The first-order chi connectivity index (χ1) is 27.7. The molecular formula is C52H32BN2S. The summed E-state index contributed by atoms with van der Waals surface area (Å²) in [6.45, 7) is 0. The quantitative estimate of drug-likeness (QED) is 0.179. The second kappa shape index (κ2) is 12.3. The number of aromatic nitrogens is 1. The summed E-state index contributed by atoms with van der Waals surface area (Å²) in [5.41, 5.74) is 15.5. The van der Waals surface area contributed by atoms with Crippen LogP contribution in [0.2, 0.25) is 0 Å². The Bertz CT molecular complexity index is 3330. The lowest BCUT2D eigenvalue weighted by Crippen LogP contribution is -2.41. The summed E-state index contributed by atoms with van der Waals surface area (Å²) in [7, 11) is 2.45. The average Bonchev–Trinajstić information content (AvgIpc) is 3.83. The molecule has 0 aliphatic carbocycles. The van der Waals surface area contributed by atoms with Gasteiger partial charge < -0.3 is 9.88 Å². The van der Waals surface area contributed by atoms with Crippen LogP contribution in [-0.2, 0) is 0 Å². The molecule has 0 unspecified atom stereocenters. The molecule has 259 valence electrons. The lowest BCUT2D eigenvalue weighted by Gasteiger charge is -2.35. The maximum atomic E-state index is 3.91. The van der Waals surface area contributed by atoms with Gasteiger partial charge in [0.25, 0.3) is 0 Å². The molecule has 2 aromatic heterocycles. The number of para-hydroxylation sites is 1. The SMILES string of the molecule is [B]1c2cc(-c3ccccc3)ccc2N(c2ccc(-c3ccccc3)cc2)c2c1c(-c1cccc3c1[nH]c1cc4ccccc4cc13)cc1c2sc2ccccc21. The van der Waals surface area contributed by atoms with E-state index in [1.54, 1.807) is 0 Å². The highest BCUT2D eigenvalue weighted by molar-refractivity contribution is 7.26. The monoisotopic (exact) mass is 727 g/mol. The second-order valence-electron chi connectivity index (χ2n) is 14.8. The Balaban J connectivity index is 1.16. The number of H-pyrrole nitrogens is 1. The Morgan fingerprint density at radius 1 is 0.464 bits per heavy atom. The predicted octanol–water partition coefficient (Wildman–Crippen LogP) is 13.3. The predicted molar refractivity (Wildman–Crippen MR) is 242 cm³/mol. The largest absolute Gasteiger partial charge is 0.354 e. The summed E-state index contributed by atoms with van der Waals surface area (Å²) in [4.78, 5) is 6.43. The van der Waals surface area contributed by atoms with Crippen molar-refractivity contribution >= 4 is 99.4 Å². The number of thiophene rings is 1. The molecule has 0 atom stereocenters. The zero-order chi connectivity index (χ0) is 36.7. The van der Waals surface area contributed by atoms with Crippen LogP contribution in [0, 0.1) is 0 Å². The molecule has 0 fully saturated rings. The van der Waals surface area contributed by atoms with Gasteiger partial charge >= 0.3 is 0 Å². The Labute approximate surface area is 329 Å². The molecule has 1 N–H and O–H groups in total. The maximum Gasteiger partial charge on any atom is 0.197 e. The molecule has 2 nitrogen and oxygen atoms in total. The van der Waals surface area contributed by atoms with Gasteiger partial charge in [-0.25, -0.2) is 0 Å². The second-order valence-corrected chi connectivity index (χ2v) is 15.8. The van der Waals surface area contributed by atoms with Gasteiger partial charge in [0, 0.05) is 48.7 Å². The van der Waals surface area contributed by atoms with E-state index in [9.17, 15) is 0 Å². The Morgan fingerprint density at radius 3 is 1.93 bits per heavy atom. The number of anilines is 3. The van der Waals surface area contributed by atoms with Crippen LogP contribution < -0.4 is 15.8 Å². The summed E-state index contributed by atoms with van der Waals surface area (Å²) >= 11 is 1.89. The van der Waals surface area contributed by atoms with Gasteiger partial charge in [-0.3, -0.25) is 0 Å². The van der Waals surface area contributed by atoms with Crippen molar-refractivity contribution in [2.75, 3.05) is 4.90 Å². The number of rotatable bonds is 4. The summed E-state index contributed by atoms with van der Waals surface area (Å²) < 4.78 is 2.59. The molecule has 11 aromatic rings. The van der Waals surface area contributed by atoms with E-state index in [4.69, 9.17) is 0 Å². The third kappa shape index (κ3) is 4.83. The molecule has 3 heterocycles. The van der Waals surface area contributed by atoms with E-state index in [1.807, 2.05) is 11.3 Å². The van der Waals surface area contributed by atoms with Crippen molar-refractivity contribution in [3.05, 3.63) is 188 Å². The van der Waals surface area contributed by atoms with Crippen LogP contribution >= 0.6 is 11.3 Å². The third-order valence-corrected chi connectivity index (χ3v) is 12.8. The number of hydrogen-bond donors (Lipinski definition) is 1. The molecule has 1 radical (unpaired) electrons. The third-order valence-electron chi connectivity index (χ3n) is 11.6. The van der Waals surface area contributed by atoms with Gasteiger partial charge in [-0.2, -0.15) is 0 Å². The van der Waals surface area contributed by atoms with Crippen LogP contribution in [-0.4, -0.2) is 12.3 Å². The molecule has 1 aliphatic rings. The van der Waals surface area contributed by atoms with Crippen molar-refractivity contribution in [2.24, 2.45) is 0 Å². The summed E-state index contributed by atoms with van der Waals surface area (Å²) in [5.74, 6) is 0. The highest BCUT2D eigenvalue weighted by atomic mass is 32.1. The van der Waals surface area contributed by atoms with E-state index >= 15 is 0 Å². The fourth-order valence-corrected chi connectivity index (χ4v) is 10.2. The molecular weight excluding hydrogens is 695 g/mol. The zero-order valence-corrected chi connectivity index (χ0v) is 31.1. The first kappa shape index (κ1) is 31.5. The number of nitrogens with one attached hydrogen (secondary N) is 1. The standard InChI is InChI=1S/C52H32BN2S/c1-3-12-32(13-4-1)34-22-25-38(26-23-34)55-47-27-24-37(33-14-5-2-6-15-33)29-45(47)53-49-43(31-44-39-18-9-10-21-48(39)56-52(44)51(49)55)41-20-11-19-40-42-28-35-16-7-8-17-36(35)30-46(42)54-50(40)41/h1-31,54H. The topological polar surface area (TPSA) is 19.0 Å². The van der Waals surface area contributed by atoms with Crippen LogP contribution in [0.5, 0.6) is 0 Å². The van der Waals surface area contributed by atoms with Crippen molar-refractivity contribution < 1.29 is 0 Å². The molecule has 0 saturated carbocycles. The highest BCUT2D eigenvalue weighted by Gasteiger charge is 2.31. The number of fused-ring (bicyclic) bond motifs is 10. The number of benzene rings is 9. The first-order valence-electron chi connectivity index (χ1n) is 19.2. The summed E-state index contributed by atoms with van der Waals surface area (Å²) in [6, 6.07) is 68.9. The molecule has 1 aliphatic heterocycles. The zero-order valence-electron chi connectivity index (χ0n) is 30.3. The highest BCUT2D eigenvalue weighted by Crippen LogP contribution is 2.48. The van der Waals surface area contributed by atoms with Crippen molar-refractivity contribution in [3.63, 3.8) is 0 Å². The Kier molecular flexibility index (Phi) is 6.93. The smallest absolute Gasteiger partial charge is 0.197 e. The molecule has 56 heavy (non-hydrogen) atoms. The van der Waals surface area contributed by atoms with Gasteiger partial charge in [0.15, 0.2) is 7.28 Å². The fraction of sp³-hybridized carbons (Fsp3) is 0. The van der Waals surface area contributed by atoms with Gasteiger partial charge in [-0.05, 0) is 86.5 Å². The molecule has 0 amide bonds. The van der Waals surface area contributed by atoms with Gasteiger partial charge in [0.05, 0.1) is 15.9 Å². The maximum absolute atomic E-state index is 3.91. The Morgan fingerprint density at radius 2 is 1.12 bits per heavy atom. The van der Waals surface area contributed by atoms with Crippen LogP contribution in [0.4, 0.5) is 17.1 Å². The Hall–Kier alpha value is -6.88. The first-order valence-corrected chi connectivity index (χ1v) is 20.0. The molecule has 0 bridgehead atoms. The van der Waals surface area contributed by atoms with E-state index in [0.717, 1.165) is 16.7 Å². The average molecular weight is 728 g/mol. The molecule has 0 spiro atoms. The van der Waals surface area contributed by atoms with E-state index in [1.165, 1.54) is 97.4 Å². The fourth-order valence-electron chi connectivity index (χ4n) is 8.95.